The Morgan fingerprint density at radius 1 is 1.29 bits per heavy atom. The number of ether oxygens (including phenoxy) is 1. The molecule has 21 heavy (non-hydrogen) atoms. The second-order valence-corrected chi connectivity index (χ2v) is 6.18. The van der Waals surface area contributed by atoms with Crippen LogP contribution in [0.5, 0.6) is 5.75 Å². The molecule has 1 heterocycles. The van der Waals surface area contributed by atoms with Gasteiger partial charge in [0.05, 0.1) is 12.4 Å². The number of nitrogens with one attached hydrogen (secondary N) is 1. The highest BCUT2D eigenvalue weighted by Crippen LogP contribution is 2.30. The SMILES string of the molecule is COc1ccc(-c2nc(S[C@@H]3CCCCC3=O)n[nH]2)cc1. The Bertz CT molecular complexity index is 624. The monoisotopic (exact) mass is 303 g/mol. The molecule has 1 N–H and O–H groups in total. The van der Waals surface area contributed by atoms with E-state index >= 15 is 0 Å². The van der Waals surface area contributed by atoms with Crippen LogP contribution in [0.1, 0.15) is 25.7 Å². The van der Waals surface area contributed by atoms with E-state index in [4.69, 9.17) is 4.74 Å². The molecule has 1 aromatic heterocycles. The summed E-state index contributed by atoms with van der Waals surface area (Å²) in [6.45, 7) is 0. The fraction of sp³-hybridized carbons (Fsp3) is 0.400. The van der Waals surface area contributed by atoms with Crippen molar-refractivity contribution < 1.29 is 9.53 Å². The molecular formula is C15H17N3O2S. The van der Waals surface area contributed by atoms with Crippen molar-refractivity contribution in [2.24, 2.45) is 0 Å². The fourth-order valence-electron chi connectivity index (χ4n) is 2.38. The van der Waals surface area contributed by atoms with Gasteiger partial charge in [-0.2, -0.15) is 0 Å². The van der Waals surface area contributed by atoms with E-state index < -0.39 is 0 Å². The number of benzene rings is 1. The molecule has 3 rings (SSSR count). The number of nitrogens with zero attached hydrogens (tertiary/aromatic N) is 2. The zero-order valence-electron chi connectivity index (χ0n) is 11.8. The minimum Gasteiger partial charge on any atom is -0.497 e. The van der Waals surface area contributed by atoms with E-state index in [-0.39, 0.29) is 5.25 Å². The maximum absolute atomic E-state index is 11.8. The van der Waals surface area contributed by atoms with Crippen molar-refractivity contribution in [3.8, 4) is 17.1 Å². The van der Waals surface area contributed by atoms with Crippen LogP contribution in [0.15, 0.2) is 29.4 Å². The first-order valence-electron chi connectivity index (χ1n) is 7.02. The molecule has 0 saturated heterocycles. The van der Waals surface area contributed by atoms with E-state index in [1.54, 1.807) is 7.11 Å². The van der Waals surface area contributed by atoms with E-state index in [0.717, 1.165) is 30.6 Å². The Balaban J connectivity index is 1.71. The number of Topliss-reactive ketones (excluding diaryl/α,β-unsaturated/α-hetero) is 1. The van der Waals surface area contributed by atoms with Gasteiger partial charge in [-0.1, -0.05) is 18.2 Å². The predicted molar refractivity (Wildman–Crippen MR) is 81.5 cm³/mol. The van der Waals surface area contributed by atoms with Gasteiger partial charge in [-0.15, -0.1) is 5.10 Å². The molecular weight excluding hydrogens is 286 g/mol. The van der Waals surface area contributed by atoms with E-state index in [9.17, 15) is 4.79 Å². The molecule has 0 spiro atoms. The van der Waals surface area contributed by atoms with Gasteiger partial charge in [0, 0.05) is 12.0 Å². The first kappa shape index (κ1) is 14.1. The summed E-state index contributed by atoms with van der Waals surface area (Å²) in [6, 6.07) is 7.63. The highest BCUT2D eigenvalue weighted by Gasteiger charge is 2.24. The van der Waals surface area contributed by atoms with Crippen LogP contribution in [-0.2, 0) is 4.79 Å². The zero-order valence-corrected chi connectivity index (χ0v) is 12.7. The van der Waals surface area contributed by atoms with Crippen LogP contribution in [0, 0.1) is 0 Å². The molecule has 1 aromatic carbocycles. The molecule has 1 aliphatic rings. The number of H-pyrrole nitrogens is 1. The number of ketones is 1. The van der Waals surface area contributed by atoms with Crippen molar-refractivity contribution in [2.45, 2.75) is 36.1 Å². The molecule has 5 nitrogen and oxygen atoms in total. The summed E-state index contributed by atoms with van der Waals surface area (Å²) in [5, 5.41) is 7.79. The highest BCUT2D eigenvalue weighted by molar-refractivity contribution is 8.00. The van der Waals surface area contributed by atoms with Gasteiger partial charge >= 0.3 is 0 Å². The van der Waals surface area contributed by atoms with E-state index in [1.165, 1.54) is 11.8 Å². The third kappa shape index (κ3) is 3.26. The maximum Gasteiger partial charge on any atom is 0.209 e. The van der Waals surface area contributed by atoms with Gasteiger partial charge in [-0.05, 0) is 37.1 Å². The number of thioether (sulfide) groups is 1. The lowest BCUT2D eigenvalue weighted by atomic mass is 9.99. The lowest BCUT2D eigenvalue weighted by Crippen LogP contribution is -2.21. The number of aromatic nitrogens is 3. The van der Waals surface area contributed by atoms with Crippen LogP contribution in [0.3, 0.4) is 0 Å². The van der Waals surface area contributed by atoms with Gasteiger partial charge in [0.2, 0.25) is 5.16 Å². The number of hydrogen-bond acceptors (Lipinski definition) is 5. The molecule has 1 atom stereocenters. The Morgan fingerprint density at radius 3 is 2.81 bits per heavy atom. The molecule has 1 fully saturated rings. The standard InChI is InChI=1S/C15H17N3O2S/c1-20-11-8-6-10(7-9-11)14-16-15(18-17-14)21-13-5-3-2-4-12(13)19/h6-9,13H,2-5H2,1H3,(H,16,17,18)/t13-/m1/s1. The summed E-state index contributed by atoms with van der Waals surface area (Å²) in [6.07, 6.45) is 3.74. The fourth-order valence-corrected chi connectivity index (χ4v) is 3.41. The quantitative estimate of drug-likeness (QED) is 0.940. The first-order chi connectivity index (χ1) is 10.3. The molecule has 0 aliphatic heterocycles. The zero-order chi connectivity index (χ0) is 14.7. The number of hydrogen-bond donors (Lipinski definition) is 1. The van der Waals surface area contributed by atoms with Gasteiger partial charge < -0.3 is 4.74 Å². The third-order valence-electron chi connectivity index (χ3n) is 3.57. The molecule has 1 aliphatic carbocycles. The molecule has 110 valence electrons. The van der Waals surface area contributed by atoms with Gasteiger partial charge in [0.1, 0.15) is 11.5 Å². The third-order valence-corrected chi connectivity index (χ3v) is 4.75. The summed E-state index contributed by atoms with van der Waals surface area (Å²) in [4.78, 5) is 16.3. The topological polar surface area (TPSA) is 67.9 Å². The Kier molecular flexibility index (Phi) is 4.24. The number of carbonyl (C=O) groups excluding carboxylic acids is 1. The molecule has 0 radical (unpaired) electrons. The van der Waals surface area contributed by atoms with Crippen molar-refractivity contribution >= 4 is 17.5 Å². The number of aromatic amines is 1. The van der Waals surface area contributed by atoms with Crippen molar-refractivity contribution in [1.82, 2.24) is 15.2 Å². The Hall–Kier alpha value is -1.82. The lowest BCUT2D eigenvalue weighted by molar-refractivity contribution is -0.119. The molecule has 0 bridgehead atoms. The normalized spacial score (nSPS) is 18.7. The van der Waals surface area contributed by atoms with Crippen molar-refractivity contribution in [2.75, 3.05) is 7.11 Å². The minimum absolute atomic E-state index is 0.0123. The smallest absolute Gasteiger partial charge is 0.209 e. The molecule has 6 heteroatoms. The predicted octanol–water partition coefficient (Wildman–Crippen LogP) is 3.08. The summed E-state index contributed by atoms with van der Waals surface area (Å²) < 4.78 is 5.13. The maximum atomic E-state index is 11.8. The molecule has 0 amide bonds. The van der Waals surface area contributed by atoms with Crippen LogP contribution < -0.4 is 4.74 Å². The van der Waals surface area contributed by atoms with Crippen molar-refractivity contribution in [3.63, 3.8) is 0 Å². The summed E-state index contributed by atoms with van der Waals surface area (Å²) >= 11 is 1.47. The van der Waals surface area contributed by atoms with E-state index in [0.29, 0.717) is 23.2 Å². The van der Waals surface area contributed by atoms with Crippen LogP contribution in [0.25, 0.3) is 11.4 Å². The Morgan fingerprint density at radius 2 is 2.10 bits per heavy atom. The van der Waals surface area contributed by atoms with Crippen LogP contribution >= 0.6 is 11.8 Å². The number of methoxy groups -OCH3 is 1. The minimum atomic E-state index is 0.0123. The molecule has 2 aromatic rings. The Labute approximate surface area is 127 Å². The second kappa shape index (κ2) is 6.30. The highest BCUT2D eigenvalue weighted by atomic mass is 32.2. The van der Waals surface area contributed by atoms with Gasteiger partial charge in [0.25, 0.3) is 0 Å². The van der Waals surface area contributed by atoms with E-state index in [2.05, 4.69) is 15.2 Å². The largest absolute Gasteiger partial charge is 0.497 e. The summed E-state index contributed by atoms with van der Waals surface area (Å²) in [5.74, 6) is 1.84. The summed E-state index contributed by atoms with van der Waals surface area (Å²) in [5.41, 5.74) is 0.949. The van der Waals surface area contributed by atoms with Gasteiger partial charge in [-0.25, -0.2) is 4.98 Å². The van der Waals surface area contributed by atoms with Gasteiger partial charge in [0.15, 0.2) is 5.82 Å². The molecule has 0 unspecified atom stereocenters. The van der Waals surface area contributed by atoms with Crippen LogP contribution in [-0.4, -0.2) is 33.3 Å². The van der Waals surface area contributed by atoms with Gasteiger partial charge in [-0.3, -0.25) is 9.89 Å². The van der Waals surface area contributed by atoms with Crippen LogP contribution in [0.4, 0.5) is 0 Å². The van der Waals surface area contributed by atoms with E-state index in [1.807, 2.05) is 24.3 Å². The second-order valence-electron chi connectivity index (χ2n) is 5.01. The summed E-state index contributed by atoms with van der Waals surface area (Å²) in [7, 11) is 1.64. The number of carbonyl (C=O) groups is 1. The molecule has 1 saturated carbocycles. The average molecular weight is 303 g/mol. The van der Waals surface area contributed by atoms with Crippen LogP contribution in [0.2, 0.25) is 0 Å². The average Bonchev–Trinajstić information content (AvgIpc) is 2.98. The lowest BCUT2D eigenvalue weighted by Gasteiger charge is -2.17. The number of rotatable bonds is 4. The van der Waals surface area contributed by atoms with Crippen molar-refractivity contribution in [1.29, 1.82) is 0 Å². The van der Waals surface area contributed by atoms with Crippen molar-refractivity contribution in [3.05, 3.63) is 24.3 Å². The first-order valence-corrected chi connectivity index (χ1v) is 7.90.